The SMILES string of the molecule is Cc1n[nH]c(=S)nc1Nc1ccc(N2CCN(C)CC2)cc1. The minimum absolute atomic E-state index is 0.377. The van der Waals surface area contributed by atoms with Crippen LogP contribution in [0, 0.1) is 11.7 Å². The molecule has 0 atom stereocenters. The van der Waals surface area contributed by atoms with E-state index in [-0.39, 0.29) is 0 Å². The van der Waals surface area contributed by atoms with Crippen LogP contribution in [-0.4, -0.2) is 53.3 Å². The van der Waals surface area contributed by atoms with Crippen molar-refractivity contribution in [2.75, 3.05) is 43.4 Å². The van der Waals surface area contributed by atoms with Gasteiger partial charge >= 0.3 is 0 Å². The number of H-pyrrole nitrogens is 1. The van der Waals surface area contributed by atoms with Crippen molar-refractivity contribution in [1.29, 1.82) is 0 Å². The summed E-state index contributed by atoms with van der Waals surface area (Å²) in [5.41, 5.74) is 3.03. The zero-order valence-corrected chi connectivity index (χ0v) is 13.7. The van der Waals surface area contributed by atoms with E-state index in [9.17, 15) is 0 Å². The molecular weight excluding hydrogens is 296 g/mol. The molecule has 1 aliphatic rings. The zero-order chi connectivity index (χ0) is 15.5. The van der Waals surface area contributed by atoms with E-state index in [2.05, 4.69) is 61.6 Å². The quantitative estimate of drug-likeness (QED) is 0.848. The fourth-order valence-electron chi connectivity index (χ4n) is 2.47. The van der Waals surface area contributed by atoms with Crippen LogP contribution in [0.2, 0.25) is 0 Å². The first-order valence-corrected chi connectivity index (χ1v) is 7.76. The number of hydrogen-bond acceptors (Lipinski definition) is 6. The number of nitrogens with zero attached hydrogens (tertiary/aromatic N) is 4. The van der Waals surface area contributed by atoms with E-state index in [1.807, 2.05) is 6.92 Å². The van der Waals surface area contributed by atoms with E-state index < -0.39 is 0 Å². The van der Waals surface area contributed by atoms with Crippen molar-refractivity contribution < 1.29 is 0 Å². The van der Waals surface area contributed by atoms with Crippen molar-refractivity contribution in [3.63, 3.8) is 0 Å². The maximum atomic E-state index is 5.01. The average molecular weight is 316 g/mol. The lowest BCUT2D eigenvalue weighted by atomic mass is 10.2. The fraction of sp³-hybridized carbons (Fsp3) is 0.400. The van der Waals surface area contributed by atoms with Gasteiger partial charge in [0.2, 0.25) is 4.77 Å². The number of nitrogens with one attached hydrogen (secondary N) is 2. The number of benzene rings is 1. The van der Waals surface area contributed by atoms with Crippen molar-refractivity contribution in [2.45, 2.75) is 6.92 Å². The third-order valence-electron chi connectivity index (χ3n) is 3.87. The van der Waals surface area contributed by atoms with Gasteiger partial charge in [0.25, 0.3) is 0 Å². The highest BCUT2D eigenvalue weighted by Gasteiger charge is 2.14. The number of aromatic nitrogens is 3. The summed E-state index contributed by atoms with van der Waals surface area (Å²) < 4.78 is 0.377. The van der Waals surface area contributed by atoms with Gasteiger partial charge in [-0.1, -0.05) is 0 Å². The summed E-state index contributed by atoms with van der Waals surface area (Å²) in [4.78, 5) is 9.02. The highest BCUT2D eigenvalue weighted by Crippen LogP contribution is 2.21. The molecule has 0 unspecified atom stereocenters. The normalized spacial score (nSPS) is 15.8. The first-order valence-electron chi connectivity index (χ1n) is 7.36. The molecule has 1 aliphatic heterocycles. The molecule has 0 radical (unpaired) electrons. The Morgan fingerprint density at radius 1 is 1.14 bits per heavy atom. The second-order valence-corrected chi connectivity index (χ2v) is 5.92. The van der Waals surface area contributed by atoms with Crippen molar-refractivity contribution in [2.24, 2.45) is 0 Å². The third kappa shape index (κ3) is 3.42. The topological polar surface area (TPSA) is 60.1 Å². The number of hydrogen-bond donors (Lipinski definition) is 2. The molecule has 1 aromatic carbocycles. The molecule has 1 fully saturated rings. The van der Waals surface area contributed by atoms with Gasteiger partial charge in [0.15, 0.2) is 5.82 Å². The Hall–Kier alpha value is -1.99. The number of likely N-dealkylation sites (N-methyl/N-ethyl adjacent to an activating group) is 1. The molecule has 116 valence electrons. The van der Waals surface area contributed by atoms with Crippen LogP contribution in [0.1, 0.15) is 5.69 Å². The summed E-state index contributed by atoms with van der Waals surface area (Å²) in [5, 5.41) is 10.1. The molecule has 0 amide bonds. The maximum absolute atomic E-state index is 5.01. The second-order valence-electron chi connectivity index (χ2n) is 5.54. The summed E-state index contributed by atoms with van der Waals surface area (Å²) in [5.74, 6) is 0.691. The highest BCUT2D eigenvalue weighted by molar-refractivity contribution is 7.71. The van der Waals surface area contributed by atoms with Gasteiger partial charge in [-0.3, -0.25) is 5.10 Å². The number of anilines is 3. The summed E-state index contributed by atoms with van der Waals surface area (Å²) >= 11 is 5.01. The summed E-state index contributed by atoms with van der Waals surface area (Å²) in [6.07, 6.45) is 0. The Bertz CT molecular complexity index is 688. The number of aromatic amines is 1. The van der Waals surface area contributed by atoms with Gasteiger partial charge in [0.05, 0.1) is 0 Å². The van der Waals surface area contributed by atoms with E-state index in [0.717, 1.165) is 37.6 Å². The lowest BCUT2D eigenvalue weighted by Gasteiger charge is -2.34. The lowest BCUT2D eigenvalue weighted by molar-refractivity contribution is 0.313. The van der Waals surface area contributed by atoms with Gasteiger partial charge in [-0.15, -0.1) is 0 Å². The molecule has 2 N–H and O–H groups in total. The summed E-state index contributed by atoms with van der Waals surface area (Å²) in [6.45, 7) is 6.25. The van der Waals surface area contributed by atoms with Gasteiger partial charge < -0.3 is 15.1 Å². The predicted molar refractivity (Wildman–Crippen MR) is 91.4 cm³/mol. The van der Waals surface area contributed by atoms with E-state index >= 15 is 0 Å². The van der Waals surface area contributed by atoms with Crippen molar-refractivity contribution >= 4 is 29.4 Å². The average Bonchev–Trinajstić information content (AvgIpc) is 2.53. The van der Waals surface area contributed by atoms with Crippen LogP contribution in [0.5, 0.6) is 0 Å². The van der Waals surface area contributed by atoms with E-state index in [4.69, 9.17) is 12.2 Å². The van der Waals surface area contributed by atoms with Gasteiger partial charge in [-0.25, -0.2) is 0 Å². The first-order chi connectivity index (χ1) is 10.6. The molecule has 0 spiro atoms. The molecule has 0 saturated carbocycles. The van der Waals surface area contributed by atoms with Gasteiger partial charge in [0.1, 0.15) is 5.69 Å². The second kappa shape index (κ2) is 6.41. The Morgan fingerprint density at radius 2 is 1.82 bits per heavy atom. The molecule has 1 aromatic heterocycles. The molecular formula is C15H20N6S. The zero-order valence-electron chi connectivity index (χ0n) is 12.8. The van der Waals surface area contributed by atoms with Crippen LogP contribution in [0.25, 0.3) is 0 Å². The maximum Gasteiger partial charge on any atom is 0.215 e. The van der Waals surface area contributed by atoms with Crippen molar-refractivity contribution in [3.05, 3.63) is 34.7 Å². The summed E-state index contributed by atoms with van der Waals surface area (Å²) in [7, 11) is 2.17. The largest absolute Gasteiger partial charge is 0.369 e. The molecule has 2 heterocycles. The molecule has 6 nitrogen and oxygen atoms in total. The van der Waals surface area contributed by atoms with E-state index in [1.54, 1.807) is 0 Å². The molecule has 0 aliphatic carbocycles. The van der Waals surface area contributed by atoms with Crippen molar-refractivity contribution in [3.8, 4) is 0 Å². The summed E-state index contributed by atoms with van der Waals surface area (Å²) in [6, 6.07) is 8.41. The Labute approximate surface area is 135 Å². The highest BCUT2D eigenvalue weighted by atomic mass is 32.1. The molecule has 2 aromatic rings. The number of rotatable bonds is 3. The first kappa shape index (κ1) is 14.9. The molecule has 7 heteroatoms. The van der Waals surface area contributed by atoms with Crippen LogP contribution in [0.4, 0.5) is 17.2 Å². The van der Waals surface area contributed by atoms with Gasteiger partial charge in [0, 0.05) is 37.6 Å². The van der Waals surface area contributed by atoms with E-state index in [1.165, 1.54) is 5.69 Å². The van der Waals surface area contributed by atoms with Gasteiger partial charge in [-0.2, -0.15) is 10.1 Å². The van der Waals surface area contributed by atoms with E-state index in [0.29, 0.717) is 10.6 Å². The van der Waals surface area contributed by atoms with Crippen LogP contribution in [-0.2, 0) is 0 Å². The van der Waals surface area contributed by atoms with Crippen LogP contribution in [0.3, 0.4) is 0 Å². The number of aryl methyl sites for hydroxylation is 1. The Balaban J connectivity index is 1.71. The van der Waals surface area contributed by atoms with Crippen molar-refractivity contribution in [1.82, 2.24) is 20.1 Å². The molecule has 1 saturated heterocycles. The Morgan fingerprint density at radius 3 is 2.50 bits per heavy atom. The fourth-order valence-corrected chi connectivity index (χ4v) is 2.60. The minimum Gasteiger partial charge on any atom is -0.369 e. The predicted octanol–water partition coefficient (Wildman–Crippen LogP) is 2.34. The van der Waals surface area contributed by atoms with Gasteiger partial charge in [-0.05, 0) is 50.5 Å². The minimum atomic E-state index is 0.377. The smallest absolute Gasteiger partial charge is 0.215 e. The Kier molecular flexibility index (Phi) is 4.35. The monoisotopic (exact) mass is 316 g/mol. The molecule has 22 heavy (non-hydrogen) atoms. The molecule has 3 rings (SSSR count). The lowest BCUT2D eigenvalue weighted by Crippen LogP contribution is -2.44. The van der Waals surface area contributed by atoms with Crippen LogP contribution >= 0.6 is 12.2 Å². The number of piperazine rings is 1. The third-order valence-corrected chi connectivity index (χ3v) is 4.06. The standard InChI is InChI=1S/C15H20N6S/c1-11-14(17-15(22)19-18-11)16-12-3-5-13(6-4-12)21-9-7-20(2)8-10-21/h3-6H,7-10H2,1-2H3,(H2,16,17,19,22). The van der Waals surface area contributed by atoms with Crippen LogP contribution < -0.4 is 10.2 Å². The molecule has 0 bridgehead atoms. The van der Waals surface area contributed by atoms with Crippen LogP contribution in [0.15, 0.2) is 24.3 Å².